The molecule has 1 fully saturated rings. The Morgan fingerprint density at radius 2 is 2.20 bits per heavy atom. The number of aromatic nitrogens is 2. The van der Waals surface area contributed by atoms with Gasteiger partial charge in [0.1, 0.15) is 5.82 Å². The molecule has 20 heavy (non-hydrogen) atoms. The van der Waals surface area contributed by atoms with Gasteiger partial charge in [0.15, 0.2) is 0 Å². The van der Waals surface area contributed by atoms with E-state index in [1.165, 1.54) is 0 Å². The van der Waals surface area contributed by atoms with E-state index in [4.69, 9.17) is 9.84 Å². The molecule has 0 aliphatic carbocycles. The average molecular weight is 274 g/mol. The lowest BCUT2D eigenvalue weighted by Crippen LogP contribution is -2.20. The van der Waals surface area contributed by atoms with E-state index in [1.807, 2.05) is 13.0 Å². The largest absolute Gasteiger partial charge is 0.478 e. The van der Waals surface area contributed by atoms with Crippen LogP contribution in [0.1, 0.15) is 29.0 Å². The third kappa shape index (κ3) is 2.41. The zero-order chi connectivity index (χ0) is 14.1. The summed E-state index contributed by atoms with van der Waals surface area (Å²) in [6.07, 6.45) is 2.15. The molecule has 0 saturated carbocycles. The van der Waals surface area contributed by atoms with Gasteiger partial charge in [0.25, 0.3) is 0 Å². The van der Waals surface area contributed by atoms with Gasteiger partial charge in [-0.25, -0.2) is 9.78 Å². The summed E-state index contributed by atoms with van der Waals surface area (Å²) >= 11 is 0. The van der Waals surface area contributed by atoms with Crippen molar-refractivity contribution in [1.29, 1.82) is 0 Å². The number of ether oxygens (including phenoxy) is 1. The molecule has 0 unspecified atom stereocenters. The summed E-state index contributed by atoms with van der Waals surface area (Å²) in [7, 11) is 0. The molecule has 5 heteroatoms. The van der Waals surface area contributed by atoms with Crippen molar-refractivity contribution in [2.45, 2.75) is 26.3 Å². The molecule has 1 aromatic carbocycles. The Morgan fingerprint density at radius 3 is 2.90 bits per heavy atom. The van der Waals surface area contributed by atoms with Gasteiger partial charge < -0.3 is 14.4 Å². The van der Waals surface area contributed by atoms with E-state index in [9.17, 15) is 4.79 Å². The van der Waals surface area contributed by atoms with Crippen molar-refractivity contribution in [3.05, 3.63) is 29.6 Å². The smallest absolute Gasteiger partial charge is 0.335 e. The Bertz CT molecular complexity index is 642. The van der Waals surface area contributed by atoms with Gasteiger partial charge in [-0.05, 0) is 43.9 Å². The molecular formula is C15H18N2O3. The van der Waals surface area contributed by atoms with Crippen LogP contribution in [-0.4, -0.2) is 33.8 Å². The minimum atomic E-state index is -0.913. The molecule has 106 valence electrons. The number of carboxylic acid groups (broad SMARTS) is 1. The highest BCUT2D eigenvalue weighted by Crippen LogP contribution is 2.23. The summed E-state index contributed by atoms with van der Waals surface area (Å²) in [6.45, 7) is 4.57. The number of nitrogens with zero attached hydrogens (tertiary/aromatic N) is 2. The normalized spacial score (nSPS) is 16.6. The lowest BCUT2D eigenvalue weighted by molar-refractivity contribution is 0.0614. The number of fused-ring (bicyclic) bond motifs is 1. The lowest BCUT2D eigenvalue weighted by Gasteiger charge is -2.23. The lowest BCUT2D eigenvalue weighted by atomic mass is 10.0. The van der Waals surface area contributed by atoms with Gasteiger partial charge >= 0.3 is 5.97 Å². The van der Waals surface area contributed by atoms with Crippen LogP contribution in [0.2, 0.25) is 0 Å². The molecule has 3 rings (SSSR count). The Morgan fingerprint density at radius 1 is 1.45 bits per heavy atom. The predicted molar refractivity (Wildman–Crippen MR) is 75.0 cm³/mol. The maximum atomic E-state index is 11.0. The van der Waals surface area contributed by atoms with E-state index in [-0.39, 0.29) is 5.56 Å². The third-order valence-corrected chi connectivity index (χ3v) is 3.97. The van der Waals surface area contributed by atoms with Crippen LogP contribution >= 0.6 is 0 Å². The fourth-order valence-corrected chi connectivity index (χ4v) is 2.80. The van der Waals surface area contributed by atoms with Crippen molar-refractivity contribution in [3.8, 4) is 0 Å². The SMILES string of the molecule is Cc1nc2cc(C(=O)O)ccc2n1CC1CCOCC1. The molecular weight excluding hydrogens is 256 g/mol. The quantitative estimate of drug-likeness (QED) is 0.933. The van der Waals surface area contributed by atoms with E-state index < -0.39 is 5.97 Å². The summed E-state index contributed by atoms with van der Waals surface area (Å²) in [5.74, 6) is 0.636. The molecule has 0 spiro atoms. The first-order valence-corrected chi connectivity index (χ1v) is 6.93. The van der Waals surface area contributed by atoms with Crippen LogP contribution in [0.15, 0.2) is 18.2 Å². The number of benzene rings is 1. The van der Waals surface area contributed by atoms with E-state index >= 15 is 0 Å². The first-order chi connectivity index (χ1) is 9.65. The first-order valence-electron chi connectivity index (χ1n) is 6.93. The molecule has 1 saturated heterocycles. The molecule has 2 heterocycles. The zero-order valence-electron chi connectivity index (χ0n) is 11.5. The number of hydrogen-bond acceptors (Lipinski definition) is 3. The molecule has 5 nitrogen and oxygen atoms in total. The fraction of sp³-hybridized carbons (Fsp3) is 0.467. The highest BCUT2D eigenvalue weighted by atomic mass is 16.5. The highest BCUT2D eigenvalue weighted by Gasteiger charge is 2.17. The van der Waals surface area contributed by atoms with Crippen molar-refractivity contribution in [2.24, 2.45) is 5.92 Å². The van der Waals surface area contributed by atoms with Gasteiger partial charge in [-0.3, -0.25) is 0 Å². The van der Waals surface area contributed by atoms with E-state index in [1.54, 1.807) is 12.1 Å². The number of aryl methyl sites for hydroxylation is 1. The van der Waals surface area contributed by atoms with Gasteiger partial charge in [-0.1, -0.05) is 0 Å². The third-order valence-electron chi connectivity index (χ3n) is 3.97. The summed E-state index contributed by atoms with van der Waals surface area (Å²) in [5.41, 5.74) is 2.06. The number of carbonyl (C=O) groups is 1. The highest BCUT2D eigenvalue weighted by molar-refractivity contribution is 5.92. The topological polar surface area (TPSA) is 64.3 Å². The summed E-state index contributed by atoms with van der Waals surface area (Å²) in [4.78, 5) is 15.5. The van der Waals surface area contributed by atoms with Crippen LogP contribution in [0, 0.1) is 12.8 Å². The van der Waals surface area contributed by atoms with Gasteiger partial charge in [0.2, 0.25) is 0 Å². The number of imidazole rings is 1. The predicted octanol–water partition coefficient (Wildman–Crippen LogP) is 2.47. The van der Waals surface area contributed by atoms with Crippen molar-refractivity contribution in [3.63, 3.8) is 0 Å². The number of rotatable bonds is 3. The first kappa shape index (κ1) is 13.1. The van der Waals surface area contributed by atoms with Gasteiger partial charge in [0.05, 0.1) is 16.6 Å². The van der Waals surface area contributed by atoms with Crippen molar-refractivity contribution < 1.29 is 14.6 Å². The Kier molecular flexibility index (Phi) is 3.44. The molecule has 1 aliphatic rings. The molecule has 1 aromatic heterocycles. The molecule has 1 N–H and O–H groups in total. The van der Waals surface area contributed by atoms with Crippen LogP contribution in [0.3, 0.4) is 0 Å². The van der Waals surface area contributed by atoms with Crippen molar-refractivity contribution >= 4 is 17.0 Å². The number of aromatic carboxylic acids is 1. The Labute approximate surface area is 117 Å². The van der Waals surface area contributed by atoms with Crippen molar-refractivity contribution in [2.75, 3.05) is 13.2 Å². The maximum absolute atomic E-state index is 11.0. The molecule has 2 aromatic rings. The van der Waals surface area contributed by atoms with E-state index in [0.29, 0.717) is 5.92 Å². The minimum absolute atomic E-state index is 0.285. The monoisotopic (exact) mass is 274 g/mol. The van der Waals surface area contributed by atoms with Gasteiger partial charge in [-0.2, -0.15) is 0 Å². The molecule has 0 bridgehead atoms. The molecule has 1 aliphatic heterocycles. The second-order valence-corrected chi connectivity index (χ2v) is 5.33. The van der Waals surface area contributed by atoms with Crippen LogP contribution in [-0.2, 0) is 11.3 Å². The number of carboxylic acids is 1. The van der Waals surface area contributed by atoms with Gasteiger partial charge in [-0.15, -0.1) is 0 Å². The summed E-state index contributed by atoms with van der Waals surface area (Å²) < 4.78 is 7.58. The maximum Gasteiger partial charge on any atom is 0.335 e. The van der Waals surface area contributed by atoms with Crippen LogP contribution in [0.5, 0.6) is 0 Å². The van der Waals surface area contributed by atoms with Gasteiger partial charge in [0, 0.05) is 19.8 Å². The zero-order valence-corrected chi connectivity index (χ0v) is 11.5. The Hall–Kier alpha value is -1.88. The second-order valence-electron chi connectivity index (χ2n) is 5.33. The minimum Gasteiger partial charge on any atom is -0.478 e. The molecule has 0 radical (unpaired) electrons. The van der Waals surface area contributed by atoms with Crippen LogP contribution < -0.4 is 0 Å². The molecule has 0 amide bonds. The second kappa shape index (κ2) is 5.25. The summed E-state index contributed by atoms with van der Waals surface area (Å²) in [6, 6.07) is 5.15. The Balaban J connectivity index is 1.93. The molecule has 0 atom stereocenters. The van der Waals surface area contributed by atoms with E-state index in [2.05, 4.69) is 9.55 Å². The van der Waals surface area contributed by atoms with Crippen LogP contribution in [0.25, 0.3) is 11.0 Å². The average Bonchev–Trinajstić information content (AvgIpc) is 2.75. The number of hydrogen-bond donors (Lipinski definition) is 1. The standard InChI is InChI=1S/C15H18N2O3/c1-10-16-13-8-12(15(18)19)2-3-14(13)17(10)9-11-4-6-20-7-5-11/h2-3,8,11H,4-7,9H2,1H3,(H,18,19). The van der Waals surface area contributed by atoms with Crippen LogP contribution in [0.4, 0.5) is 0 Å². The summed E-state index contributed by atoms with van der Waals surface area (Å²) in [5, 5.41) is 9.03. The fourth-order valence-electron chi connectivity index (χ4n) is 2.80. The van der Waals surface area contributed by atoms with E-state index in [0.717, 1.165) is 49.5 Å². The van der Waals surface area contributed by atoms with Crippen molar-refractivity contribution in [1.82, 2.24) is 9.55 Å².